The van der Waals surface area contributed by atoms with Gasteiger partial charge in [-0.1, -0.05) is 58.0 Å². The molecule has 0 spiro atoms. The van der Waals surface area contributed by atoms with Crippen molar-refractivity contribution in [3.05, 3.63) is 0 Å². The summed E-state index contributed by atoms with van der Waals surface area (Å²) < 4.78 is 17.6. The van der Waals surface area contributed by atoms with Crippen molar-refractivity contribution < 1.29 is 12.9 Å². The minimum absolute atomic E-state index is 2.20. The molecule has 0 aromatic carbocycles. The Morgan fingerprint density at radius 1 is 1.18 bits per heavy atom. The number of hydrogen-bond acceptors (Lipinski definition) is 2. The minimum atomic E-state index is -2.70. The van der Waals surface area contributed by atoms with Crippen LogP contribution in [0.3, 0.4) is 0 Å². The highest BCUT2D eigenvalue weighted by Gasteiger charge is 2.49. The second-order valence-electron chi connectivity index (χ2n) is 1.31. The van der Waals surface area contributed by atoms with E-state index in [2.05, 4.69) is 4.18 Å². The first kappa shape index (κ1) is 12.5. The van der Waals surface area contributed by atoms with Crippen molar-refractivity contribution in [2.75, 3.05) is 0 Å². The molecular weight excluding hydrogens is 281 g/mol. The van der Waals surface area contributed by atoms with Gasteiger partial charge in [0.15, 0.2) is 0 Å². The smallest absolute Gasteiger partial charge is 0.284 e. The highest BCUT2D eigenvalue weighted by Crippen LogP contribution is 2.46. The van der Waals surface area contributed by atoms with Gasteiger partial charge in [-0.05, 0) is 0 Å². The van der Waals surface area contributed by atoms with Gasteiger partial charge in [-0.25, -0.2) is 4.18 Å². The summed E-state index contributed by atoms with van der Waals surface area (Å²) in [4.78, 5) is 0. The van der Waals surface area contributed by atoms with Gasteiger partial charge in [0, 0.05) is 0 Å². The van der Waals surface area contributed by atoms with E-state index >= 15 is 0 Å². The summed E-state index contributed by atoms with van der Waals surface area (Å²) >= 11 is 23.2. The van der Waals surface area contributed by atoms with Gasteiger partial charge in [-0.3, -0.25) is 4.55 Å². The van der Waals surface area contributed by atoms with Crippen LogP contribution in [0.2, 0.25) is 0 Å². The zero-order valence-corrected chi connectivity index (χ0v) is 9.16. The predicted molar refractivity (Wildman–Crippen MR) is 46.6 cm³/mol. The summed E-state index contributed by atoms with van der Waals surface area (Å²) in [7, 11) is 0. The van der Waals surface area contributed by atoms with E-state index in [4.69, 9.17) is 62.6 Å². The van der Waals surface area contributed by atoms with E-state index in [0.717, 1.165) is 0 Å². The molecule has 1 atom stereocenters. The molecule has 1 N–H and O–H groups in total. The molecule has 68 valence electrons. The van der Waals surface area contributed by atoms with Crippen molar-refractivity contribution in [2.24, 2.45) is 0 Å². The summed E-state index contributed by atoms with van der Waals surface area (Å²) in [6, 6.07) is 0. The molecule has 0 saturated carbocycles. The summed E-state index contributed by atoms with van der Waals surface area (Å²) in [5, 5.41) is 0. The maximum atomic E-state index is 10.0. The Bertz CT molecular complexity index is 164. The standard InChI is InChI=1S/C2HCl5O3S/c3-1(4,5)2(6,7)10-11(8)9/h(H,8,9). The van der Waals surface area contributed by atoms with Gasteiger partial charge in [0.2, 0.25) is 3.79 Å². The van der Waals surface area contributed by atoms with Crippen molar-refractivity contribution in [3.63, 3.8) is 0 Å². The molecule has 0 aromatic heterocycles. The van der Waals surface area contributed by atoms with Crippen LogP contribution in [0.15, 0.2) is 0 Å². The molecular formula is C2HCl5O3S. The minimum Gasteiger partial charge on any atom is -0.284 e. The monoisotopic (exact) mass is 280 g/mol. The van der Waals surface area contributed by atoms with Gasteiger partial charge in [-0.15, -0.1) is 0 Å². The van der Waals surface area contributed by atoms with E-state index in [0.29, 0.717) is 0 Å². The van der Waals surface area contributed by atoms with Gasteiger partial charge >= 0.3 is 11.4 Å². The Balaban J connectivity index is 4.34. The zero-order chi connectivity index (χ0) is 9.28. The molecule has 0 aliphatic rings. The van der Waals surface area contributed by atoms with E-state index < -0.39 is 19.7 Å². The first-order valence-electron chi connectivity index (χ1n) is 1.91. The summed E-state index contributed by atoms with van der Waals surface area (Å²) in [6.07, 6.45) is 0. The Kier molecular flexibility index (Phi) is 4.73. The molecule has 0 aromatic rings. The van der Waals surface area contributed by atoms with E-state index in [1.807, 2.05) is 0 Å². The first-order chi connectivity index (χ1) is 4.67. The number of alkyl halides is 5. The summed E-state index contributed by atoms with van der Waals surface area (Å²) in [5.41, 5.74) is 0. The van der Waals surface area contributed by atoms with E-state index in [-0.39, 0.29) is 0 Å². The van der Waals surface area contributed by atoms with Gasteiger partial charge in [0.25, 0.3) is 4.52 Å². The van der Waals surface area contributed by atoms with Crippen LogP contribution < -0.4 is 0 Å². The Morgan fingerprint density at radius 3 is 1.64 bits per heavy atom. The third-order valence-corrected chi connectivity index (χ3v) is 3.18. The van der Waals surface area contributed by atoms with Crippen molar-refractivity contribution >= 4 is 69.4 Å². The van der Waals surface area contributed by atoms with Crippen LogP contribution in [-0.4, -0.2) is 17.1 Å². The summed E-state index contributed by atoms with van der Waals surface area (Å²) in [6.45, 7) is 0. The van der Waals surface area contributed by atoms with Crippen molar-refractivity contribution in [1.29, 1.82) is 0 Å². The Hall–Kier alpha value is 1.52. The van der Waals surface area contributed by atoms with Crippen LogP contribution in [0.25, 0.3) is 0 Å². The normalized spacial score (nSPS) is 16.5. The quantitative estimate of drug-likeness (QED) is 0.625. The second kappa shape index (κ2) is 4.15. The Labute approximate surface area is 90.3 Å². The maximum Gasteiger partial charge on any atom is 0.305 e. The van der Waals surface area contributed by atoms with Gasteiger partial charge in [0.05, 0.1) is 0 Å². The Morgan fingerprint density at radius 2 is 1.55 bits per heavy atom. The average Bonchev–Trinajstić information content (AvgIpc) is 1.56. The third kappa shape index (κ3) is 4.33. The SMILES string of the molecule is O=S(O)OC(Cl)(Cl)C(Cl)(Cl)Cl. The molecule has 0 saturated heterocycles. The van der Waals surface area contributed by atoms with Gasteiger partial charge in [-0.2, -0.15) is 4.21 Å². The van der Waals surface area contributed by atoms with E-state index in [1.54, 1.807) is 0 Å². The van der Waals surface area contributed by atoms with Crippen LogP contribution in [0.5, 0.6) is 0 Å². The lowest BCUT2D eigenvalue weighted by molar-refractivity contribution is 0.245. The molecule has 0 aliphatic carbocycles. The van der Waals surface area contributed by atoms with Crippen molar-refractivity contribution in [3.8, 4) is 0 Å². The zero-order valence-electron chi connectivity index (χ0n) is 4.56. The molecule has 11 heavy (non-hydrogen) atoms. The number of halogens is 5. The van der Waals surface area contributed by atoms with Crippen LogP contribution in [-0.2, 0) is 15.5 Å². The maximum absolute atomic E-state index is 10.0. The molecule has 0 radical (unpaired) electrons. The van der Waals surface area contributed by atoms with Crippen molar-refractivity contribution in [1.82, 2.24) is 0 Å². The van der Waals surface area contributed by atoms with Crippen LogP contribution in [0.1, 0.15) is 0 Å². The lowest BCUT2D eigenvalue weighted by Crippen LogP contribution is -2.34. The fraction of sp³-hybridized carbons (Fsp3) is 1.00. The topological polar surface area (TPSA) is 46.5 Å². The largest absolute Gasteiger partial charge is 0.305 e. The molecule has 1 unspecified atom stereocenters. The highest BCUT2D eigenvalue weighted by molar-refractivity contribution is 7.74. The van der Waals surface area contributed by atoms with Crippen LogP contribution >= 0.6 is 58.0 Å². The molecule has 0 amide bonds. The van der Waals surface area contributed by atoms with E-state index in [9.17, 15) is 4.21 Å². The predicted octanol–water partition coefficient (Wildman–Crippen LogP) is 2.64. The number of rotatable bonds is 2. The molecule has 0 heterocycles. The molecule has 0 rings (SSSR count). The lowest BCUT2D eigenvalue weighted by atomic mass is 10.8. The van der Waals surface area contributed by atoms with Crippen molar-refractivity contribution in [2.45, 2.75) is 8.31 Å². The van der Waals surface area contributed by atoms with Gasteiger partial charge in [0.1, 0.15) is 0 Å². The third-order valence-electron chi connectivity index (χ3n) is 0.506. The van der Waals surface area contributed by atoms with E-state index in [1.165, 1.54) is 0 Å². The summed E-state index contributed by atoms with van der Waals surface area (Å²) in [5.74, 6) is 0. The highest BCUT2D eigenvalue weighted by atomic mass is 35.6. The second-order valence-corrected chi connectivity index (χ2v) is 5.46. The molecule has 9 heteroatoms. The number of hydrogen-bond donors (Lipinski definition) is 1. The first-order valence-corrected chi connectivity index (χ1v) is 4.84. The average molecular weight is 282 g/mol. The molecule has 0 fully saturated rings. The molecule has 0 bridgehead atoms. The fourth-order valence-electron chi connectivity index (χ4n) is 0.137. The van der Waals surface area contributed by atoms with Crippen LogP contribution in [0, 0.1) is 0 Å². The molecule has 3 nitrogen and oxygen atoms in total. The fourth-order valence-corrected chi connectivity index (χ4v) is 1.02. The van der Waals surface area contributed by atoms with Crippen LogP contribution in [0.4, 0.5) is 0 Å². The molecule has 0 aliphatic heterocycles. The lowest BCUT2D eigenvalue weighted by Gasteiger charge is -2.24. The van der Waals surface area contributed by atoms with Gasteiger partial charge < -0.3 is 0 Å².